The molecule has 2 aromatic rings. The summed E-state index contributed by atoms with van der Waals surface area (Å²) in [6, 6.07) is 14.7. The fraction of sp³-hybridized carbons (Fsp3) is 0.391. The first-order valence-corrected chi connectivity index (χ1v) is 9.68. The van der Waals surface area contributed by atoms with Crippen molar-refractivity contribution in [2.24, 2.45) is 0 Å². The fourth-order valence-electron chi connectivity index (χ4n) is 3.06. The molecule has 0 saturated carbocycles. The van der Waals surface area contributed by atoms with Crippen LogP contribution in [0.2, 0.25) is 0 Å². The maximum Gasteiger partial charge on any atom is 0.494 e. The average Bonchev–Trinajstić information content (AvgIpc) is 2.87. The number of carbonyl (C=O) groups excluding carboxylic acids is 2. The molecule has 0 radical (unpaired) electrons. The van der Waals surface area contributed by atoms with E-state index >= 15 is 0 Å². The van der Waals surface area contributed by atoms with Crippen LogP contribution in [0.4, 0.5) is 0 Å². The molecule has 0 aromatic heterocycles. The normalized spacial score (nSPS) is 17.5. The molecule has 146 valence electrons. The number of carbonyl (C=O) groups is 2. The molecule has 0 atom stereocenters. The smallest absolute Gasteiger partial charge is 0.399 e. The zero-order chi connectivity index (χ0) is 20.5. The lowest BCUT2D eigenvalue weighted by Gasteiger charge is -2.32. The number of aryl methyl sites for hydroxylation is 1. The zero-order valence-corrected chi connectivity index (χ0v) is 17.2. The highest BCUT2D eigenvalue weighted by atomic mass is 16.7. The molecule has 5 heteroatoms. The van der Waals surface area contributed by atoms with Crippen LogP contribution in [0, 0.1) is 6.92 Å². The van der Waals surface area contributed by atoms with Crippen molar-refractivity contribution < 1.29 is 18.9 Å². The van der Waals surface area contributed by atoms with E-state index in [9.17, 15) is 9.59 Å². The Hall–Kier alpha value is -2.24. The summed E-state index contributed by atoms with van der Waals surface area (Å²) in [5.74, 6) is -0.0527. The molecule has 0 bridgehead atoms. The van der Waals surface area contributed by atoms with Crippen LogP contribution in [0.1, 0.15) is 66.8 Å². The second-order valence-electron chi connectivity index (χ2n) is 8.42. The third kappa shape index (κ3) is 4.26. The van der Waals surface area contributed by atoms with Crippen LogP contribution in [-0.2, 0) is 9.31 Å². The Morgan fingerprint density at radius 3 is 1.57 bits per heavy atom. The average molecular weight is 378 g/mol. The Morgan fingerprint density at radius 2 is 1.14 bits per heavy atom. The summed E-state index contributed by atoms with van der Waals surface area (Å²) in [5, 5.41) is 0. The van der Waals surface area contributed by atoms with Crippen molar-refractivity contribution in [3.8, 4) is 0 Å². The van der Waals surface area contributed by atoms with E-state index < -0.39 is 18.3 Å². The summed E-state index contributed by atoms with van der Waals surface area (Å²) in [5.41, 5.74) is 2.43. The lowest BCUT2D eigenvalue weighted by molar-refractivity contribution is 0.00578. The zero-order valence-electron chi connectivity index (χ0n) is 17.2. The van der Waals surface area contributed by atoms with Crippen LogP contribution in [0.5, 0.6) is 0 Å². The molecule has 0 amide bonds. The standard InChI is InChI=1S/C23H27BO4/c1-16-6-8-17(9-7-16)20(25)14-15-21(26)18-10-12-19(13-11-18)24-27-22(2,3)23(4,5)28-24/h6-13H,14-15H2,1-5H3. The van der Waals surface area contributed by atoms with Gasteiger partial charge in [-0.15, -0.1) is 0 Å². The molecular weight excluding hydrogens is 351 g/mol. The molecule has 1 aliphatic heterocycles. The van der Waals surface area contributed by atoms with Crippen molar-refractivity contribution in [3.05, 3.63) is 65.2 Å². The van der Waals surface area contributed by atoms with E-state index in [0.717, 1.165) is 11.0 Å². The molecule has 0 spiro atoms. The molecule has 28 heavy (non-hydrogen) atoms. The largest absolute Gasteiger partial charge is 0.494 e. The first-order valence-electron chi connectivity index (χ1n) is 9.68. The molecule has 2 aromatic carbocycles. The SMILES string of the molecule is Cc1ccc(C(=O)CCC(=O)c2ccc(B3OC(C)(C)C(C)(C)O3)cc2)cc1. The summed E-state index contributed by atoms with van der Waals surface area (Å²) in [7, 11) is -0.447. The Kier molecular flexibility index (Phi) is 5.60. The third-order valence-corrected chi connectivity index (χ3v) is 5.71. The van der Waals surface area contributed by atoms with Gasteiger partial charge in [-0.1, -0.05) is 54.1 Å². The summed E-state index contributed by atoms with van der Waals surface area (Å²) in [4.78, 5) is 24.7. The van der Waals surface area contributed by atoms with Crippen LogP contribution in [0.15, 0.2) is 48.5 Å². The molecule has 0 unspecified atom stereocenters. The van der Waals surface area contributed by atoms with E-state index in [1.807, 2.05) is 71.0 Å². The molecule has 1 fully saturated rings. The first kappa shape index (κ1) is 20.5. The summed E-state index contributed by atoms with van der Waals surface area (Å²) < 4.78 is 12.1. The van der Waals surface area contributed by atoms with Crippen LogP contribution in [0.25, 0.3) is 0 Å². The highest BCUT2D eigenvalue weighted by Gasteiger charge is 2.51. The maximum atomic E-state index is 12.5. The fourth-order valence-corrected chi connectivity index (χ4v) is 3.06. The van der Waals surface area contributed by atoms with Gasteiger partial charge in [0.05, 0.1) is 11.2 Å². The van der Waals surface area contributed by atoms with Crippen molar-refractivity contribution >= 4 is 24.1 Å². The molecule has 0 N–H and O–H groups in total. The molecule has 4 nitrogen and oxygen atoms in total. The number of ketones is 2. The molecular formula is C23H27BO4. The van der Waals surface area contributed by atoms with Gasteiger partial charge in [0, 0.05) is 24.0 Å². The van der Waals surface area contributed by atoms with Gasteiger partial charge < -0.3 is 9.31 Å². The quantitative estimate of drug-likeness (QED) is 0.560. The highest BCUT2D eigenvalue weighted by molar-refractivity contribution is 6.62. The Morgan fingerprint density at radius 1 is 0.750 bits per heavy atom. The number of rotatable bonds is 6. The van der Waals surface area contributed by atoms with Gasteiger partial charge in [0.25, 0.3) is 0 Å². The lowest BCUT2D eigenvalue weighted by atomic mass is 9.78. The van der Waals surface area contributed by atoms with Gasteiger partial charge >= 0.3 is 7.12 Å². The van der Waals surface area contributed by atoms with Crippen LogP contribution < -0.4 is 5.46 Å². The van der Waals surface area contributed by atoms with Crippen LogP contribution in [-0.4, -0.2) is 29.9 Å². The van der Waals surface area contributed by atoms with Gasteiger partial charge in [-0.3, -0.25) is 9.59 Å². The minimum atomic E-state index is -0.447. The Labute approximate surface area is 167 Å². The van der Waals surface area contributed by atoms with Crippen molar-refractivity contribution in [1.29, 1.82) is 0 Å². The van der Waals surface area contributed by atoms with Crippen molar-refractivity contribution in [1.82, 2.24) is 0 Å². The van der Waals surface area contributed by atoms with Gasteiger partial charge in [0.1, 0.15) is 0 Å². The predicted molar refractivity (Wildman–Crippen MR) is 111 cm³/mol. The second kappa shape index (κ2) is 7.65. The topological polar surface area (TPSA) is 52.6 Å². The third-order valence-electron chi connectivity index (χ3n) is 5.71. The molecule has 1 saturated heterocycles. The Bertz CT molecular complexity index is 850. The monoisotopic (exact) mass is 378 g/mol. The van der Waals surface area contributed by atoms with Crippen molar-refractivity contribution in [2.45, 2.75) is 58.7 Å². The maximum absolute atomic E-state index is 12.5. The summed E-state index contributed by atoms with van der Waals surface area (Å²) in [6.45, 7) is 10.0. The number of Topliss-reactive ketones (excluding diaryl/α,β-unsaturated/α-hetero) is 2. The predicted octanol–water partition coefficient (Wildman–Crippen LogP) is 4.14. The lowest BCUT2D eigenvalue weighted by Crippen LogP contribution is -2.41. The van der Waals surface area contributed by atoms with E-state index in [-0.39, 0.29) is 24.4 Å². The summed E-state index contributed by atoms with van der Waals surface area (Å²) in [6.07, 6.45) is 0.406. The molecule has 1 aliphatic rings. The molecule has 0 aliphatic carbocycles. The van der Waals surface area contributed by atoms with Crippen molar-refractivity contribution in [2.75, 3.05) is 0 Å². The highest BCUT2D eigenvalue weighted by Crippen LogP contribution is 2.36. The van der Waals surface area contributed by atoms with Gasteiger partial charge in [-0.2, -0.15) is 0 Å². The van der Waals surface area contributed by atoms with E-state index in [2.05, 4.69) is 0 Å². The second-order valence-corrected chi connectivity index (χ2v) is 8.42. The minimum absolute atomic E-state index is 0.0119. The van der Waals surface area contributed by atoms with Gasteiger partial charge in [0.15, 0.2) is 11.6 Å². The van der Waals surface area contributed by atoms with E-state index in [4.69, 9.17) is 9.31 Å². The number of hydrogen-bond acceptors (Lipinski definition) is 4. The van der Waals surface area contributed by atoms with E-state index in [1.54, 1.807) is 12.1 Å². The summed E-state index contributed by atoms with van der Waals surface area (Å²) >= 11 is 0. The molecule has 3 rings (SSSR count). The van der Waals surface area contributed by atoms with Gasteiger partial charge in [-0.05, 0) is 40.1 Å². The number of hydrogen-bond donors (Lipinski definition) is 0. The van der Waals surface area contributed by atoms with Gasteiger partial charge in [-0.25, -0.2) is 0 Å². The minimum Gasteiger partial charge on any atom is -0.399 e. The van der Waals surface area contributed by atoms with Gasteiger partial charge in [0.2, 0.25) is 0 Å². The van der Waals surface area contributed by atoms with Crippen LogP contribution >= 0.6 is 0 Å². The molecule has 1 heterocycles. The van der Waals surface area contributed by atoms with Crippen molar-refractivity contribution in [3.63, 3.8) is 0 Å². The van der Waals surface area contributed by atoms with E-state index in [0.29, 0.717) is 11.1 Å². The van der Waals surface area contributed by atoms with Crippen LogP contribution in [0.3, 0.4) is 0 Å². The first-order chi connectivity index (χ1) is 13.1. The number of benzene rings is 2. The van der Waals surface area contributed by atoms with E-state index in [1.165, 1.54) is 0 Å². The Balaban J connectivity index is 1.60.